The zero-order chi connectivity index (χ0) is 15.5. The van der Waals surface area contributed by atoms with Gasteiger partial charge in [0.25, 0.3) is 0 Å². The Morgan fingerprint density at radius 3 is 2.68 bits per heavy atom. The van der Waals surface area contributed by atoms with Gasteiger partial charge in [-0.15, -0.1) is 0 Å². The van der Waals surface area contributed by atoms with Crippen LogP contribution in [0.2, 0.25) is 0 Å². The number of methoxy groups -OCH3 is 1. The topological polar surface area (TPSA) is 64.3 Å². The van der Waals surface area contributed by atoms with E-state index in [0.29, 0.717) is 5.92 Å². The van der Waals surface area contributed by atoms with Crippen LogP contribution in [0.1, 0.15) is 23.9 Å². The molecule has 0 aliphatic carbocycles. The predicted molar refractivity (Wildman–Crippen MR) is 82.9 cm³/mol. The molecule has 0 spiro atoms. The van der Waals surface area contributed by atoms with Crippen LogP contribution in [0.4, 0.5) is 5.95 Å². The van der Waals surface area contributed by atoms with E-state index in [9.17, 15) is 0 Å². The van der Waals surface area contributed by atoms with Crippen LogP contribution in [-0.4, -0.2) is 41.4 Å². The van der Waals surface area contributed by atoms with E-state index in [-0.39, 0.29) is 6.10 Å². The maximum absolute atomic E-state index is 5.64. The van der Waals surface area contributed by atoms with Gasteiger partial charge in [-0.25, -0.2) is 9.97 Å². The SMILES string of the molecule is CCc1cnc(N2C[C@@H](Cc3cc(C)no3)[C@@H](OC)C2)nc1. The van der Waals surface area contributed by atoms with Crippen LogP contribution in [0.15, 0.2) is 23.0 Å². The van der Waals surface area contributed by atoms with E-state index >= 15 is 0 Å². The normalized spacial score (nSPS) is 21.5. The van der Waals surface area contributed by atoms with Crippen LogP contribution >= 0.6 is 0 Å². The first kappa shape index (κ1) is 15.0. The van der Waals surface area contributed by atoms with Crippen LogP contribution in [0.5, 0.6) is 0 Å². The highest BCUT2D eigenvalue weighted by Gasteiger charge is 2.34. The Morgan fingerprint density at radius 2 is 2.09 bits per heavy atom. The number of rotatable bonds is 5. The fraction of sp³-hybridized carbons (Fsp3) is 0.562. The second-order valence-electron chi connectivity index (χ2n) is 5.82. The van der Waals surface area contributed by atoms with Crippen molar-refractivity contribution in [3.05, 3.63) is 35.5 Å². The first-order chi connectivity index (χ1) is 10.7. The Balaban J connectivity index is 1.70. The van der Waals surface area contributed by atoms with Crippen molar-refractivity contribution in [1.82, 2.24) is 15.1 Å². The molecule has 0 bridgehead atoms. The van der Waals surface area contributed by atoms with Gasteiger partial charge >= 0.3 is 0 Å². The molecule has 2 atom stereocenters. The number of aryl methyl sites for hydroxylation is 2. The summed E-state index contributed by atoms with van der Waals surface area (Å²) in [6, 6.07) is 1.99. The summed E-state index contributed by atoms with van der Waals surface area (Å²) in [6.07, 6.45) is 5.73. The highest BCUT2D eigenvalue weighted by molar-refractivity contribution is 5.33. The van der Waals surface area contributed by atoms with Gasteiger partial charge in [0.15, 0.2) is 0 Å². The van der Waals surface area contributed by atoms with Gasteiger partial charge in [-0.1, -0.05) is 12.1 Å². The first-order valence-corrected chi connectivity index (χ1v) is 7.70. The molecule has 0 unspecified atom stereocenters. The number of ether oxygens (including phenoxy) is 1. The molecule has 2 aromatic rings. The van der Waals surface area contributed by atoms with E-state index in [0.717, 1.165) is 48.9 Å². The molecule has 1 saturated heterocycles. The largest absolute Gasteiger partial charge is 0.379 e. The lowest BCUT2D eigenvalue weighted by molar-refractivity contribution is 0.0812. The van der Waals surface area contributed by atoms with Gasteiger partial charge in [-0.3, -0.25) is 0 Å². The third-order valence-electron chi connectivity index (χ3n) is 4.21. The molecule has 6 nitrogen and oxygen atoms in total. The molecule has 3 heterocycles. The van der Waals surface area contributed by atoms with Gasteiger partial charge < -0.3 is 14.2 Å². The number of anilines is 1. The van der Waals surface area contributed by atoms with Gasteiger partial charge in [-0.2, -0.15) is 0 Å². The Kier molecular flexibility index (Phi) is 4.38. The van der Waals surface area contributed by atoms with Gasteiger partial charge in [0.2, 0.25) is 5.95 Å². The van der Waals surface area contributed by atoms with Gasteiger partial charge in [0.1, 0.15) is 5.76 Å². The summed E-state index contributed by atoms with van der Waals surface area (Å²) in [5.74, 6) is 2.04. The number of hydrogen-bond acceptors (Lipinski definition) is 6. The van der Waals surface area contributed by atoms with Crippen LogP contribution < -0.4 is 4.90 Å². The molecule has 0 N–H and O–H groups in total. The summed E-state index contributed by atoms with van der Waals surface area (Å²) in [4.78, 5) is 11.1. The standard InChI is InChI=1S/C16H22N4O2/c1-4-12-7-17-16(18-8-12)20-9-13(15(10-20)21-3)6-14-5-11(2)19-22-14/h5,7-8,13,15H,4,6,9-10H2,1-3H3/t13-,15+/m1/s1. The second-order valence-corrected chi connectivity index (χ2v) is 5.82. The van der Waals surface area contributed by atoms with Crippen molar-refractivity contribution >= 4 is 5.95 Å². The Bertz CT molecular complexity index is 611. The maximum atomic E-state index is 5.64. The molecule has 1 fully saturated rings. The average molecular weight is 302 g/mol. The Hall–Kier alpha value is -1.95. The van der Waals surface area contributed by atoms with Gasteiger partial charge in [-0.05, 0) is 18.9 Å². The van der Waals surface area contributed by atoms with E-state index in [1.54, 1.807) is 7.11 Å². The molecule has 2 aromatic heterocycles. The Morgan fingerprint density at radius 1 is 1.32 bits per heavy atom. The van der Waals surface area contributed by atoms with Crippen molar-refractivity contribution in [2.75, 3.05) is 25.1 Å². The van der Waals surface area contributed by atoms with Crippen molar-refractivity contribution in [1.29, 1.82) is 0 Å². The van der Waals surface area contributed by atoms with Crippen molar-refractivity contribution in [2.45, 2.75) is 32.8 Å². The summed E-state index contributed by atoms with van der Waals surface area (Å²) >= 11 is 0. The lowest BCUT2D eigenvalue weighted by atomic mass is 10.0. The quantitative estimate of drug-likeness (QED) is 0.842. The van der Waals surface area contributed by atoms with Crippen molar-refractivity contribution in [2.24, 2.45) is 5.92 Å². The fourth-order valence-corrected chi connectivity index (χ4v) is 2.93. The molecule has 0 saturated carbocycles. The average Bonchev–Trinajstić information content (AvgIpc) is 3.14. The lowest BCUT2D eigenvalue weighted by Crippen LogP contribution is -2.24. The molecule has 0 aromatic carbocycles. The minimum atomic E-state index is 0.153. The van der Waals surface area contributed by atoms with Crippen LogP contribution in [0.25, 0.3) is 0 Å². The molecule has 0 amide bonds. The molecule has 118 valence electrons. The number of aromatic nitrogens is 3. The lowest BCUT2D eigenvalue weighted by Gasteiger charge is -2.15. The second kappa shape index (κ2) is 6.44. The summed E-state index contributed by atoms with van der Waals surface area (Å²) < 4.78 is 11.0. The molecule has 22 heavy (non-hydrogen) atoms. The molecule has 6 heteroatoms. The molecule has 3 rings (SSSR count). The highest BCUT2D eigenvalue weighted by Crippen LogP contribution is 2.26. The zero-order valence-electron chi connectivity index (χ0n) is 13.3. The van der Waals surface area contributed by atoms with E-state index in [2.05, 4.69) is 26.9 Å². The van der Waals surface area contributed by atoms with Crippen LogP contribution in [-0.2, 0) is 17.6 Å². The highest BCUT2D eigenvalue weighted by atomic mass is 16.5. The van der Waals surface area contributed by atoms with E-state index < -0.39 is 0 Å². The minimum absolute atomic E-state index is 0.153. The number of nitrogens with zero attached hydrogens (tertiary/aromatic N) is 4. The third kappa shape index (κ3) is 3.11. The maximum Gasteiger partial charge on any atom is 0.225 e. The first-order valence-electron chi connectivity index (χ1n) is 7.70. The minimum Gasteiger partial charge on any atom is -0.379 e. The molecule has 1 aliphatic heterocycles. The van der Waals surface area contributed by atoms with Crippen molar-refractivity contribution in [3.63, 3.8) is 0 Å². The summed E-state index contributed by atoms with van der Waals surface area (Å²) in [5, 5.41) is 3.95. The summed E-state index contributed by atoms with van der Waals surface area (Å²) in [7, 11) is 1.76. The van der Waals surface area contributed by atoms with E-state index in [4.69, 9.17) is 9.26 Å². The zero-order valence-corrected chi connectivity index (χ0v) is 13.3. The van der Waals surface area contributed by atoms with E-state index in [1.807, 2.05) is 25.4 Å². The molecule has 1 aliphatic rings. The van der Waals surface area contributed by atoms with Crippen LogP contribution in [0.3, 0.4) is 0 Å². The van der Waals surface area contributed by atoms with Crippen molar-refractivity contribution < 1.29 is 9.26 Å². The van der Waals surface area contributed by atoms with Crippen molar-refractivity contribution in [3.8, 4) is 0 Å². The smallest absolute Gasteiger partial charge is 0.225 e. The van der Waals surface area contributed by atoms with Gasteiger partial charge in [0, 0.05) is 51.0 Å². The summed E-state index contributed by atoms with van der Waals surface area (Å²) in [6.45, 7) is 5.71. The third-order valence-corrected chi connectivity index (χ3v) is 4.21. The monoisotopic (exact) mass is 302 g/mol. The molecular weight excluding hydrogens is 280 g/mol. The Labute approximate surface area is 130 Å². The van der Waals surface area contributed by atoms with Gasteiger partial charge in [0.05, 0.1) is 11.8 Å². The van der Waals surface area contributed by atoms with Crippen LogP contribution in [0, 0.1) is 12.8 Å². The number of hydrogen-bond donors (Lipinski definition) is 0. The summed E-state index contributed by atoms with van der Waals surface area (Å²) in [5.41, 5.74) is 2.07. The molecule has 0 radical (unpaired) electrons. The predicted octanol–water partition coefficient (Wildman–Crippen LogP) is 2.03. The van der Waals surface area contributed by atoms with E-state index in [1.165, 1.54) is 0 Å². The molecular formula is C16H22N4O2. The fourth-order valence-electron chi connectivity index (χ4n) is 2.93.